The second kappa shape index (κ2) is 4.32. The summed E-state index contributed by atoms with van der Waals surface area (Å²) in [4.78, 5) is 26.2. The summed E-state index contributed by atoms with van der Waals surface area (Å²) in [5.41, 5.74) is -0.0332. The predicted octanol–water partition coefficient (Wildman–Crippen LogP) is 0.993. The number of hydrogen-bond acceptors (Lipinski definition) is 4. The van der Waals surface area contributed by atoms with Crippen LogP contribution in [-0.4, -0.2) is 23.8 Å². The van der Waals surface area contributed by atoms with Gasteiger partial charge >= 0.3 is 5.97 Å². The van der Waals surface area contributed by atoms with Crippen molar-refractivity contribution in [3.63, 3.8) is 0 Å². The molecule has 0 atom stereocenters. The van der Waals surface area contributed by atoms with E-state index in [1.54, 1.807) is 12.1 Å². The summed E-state index contributed by atoms with van der Waals surface area (Å²) in [5, 5.41) is 0. The Morgan fingerprint density at radius 2 is 2.14 bits per heavy atom. The van der Waals surface area contributed by atoms with E-state index in [-0.39, 0.29) is 11.3 Å². The van der Waals surface area contributed by atoms with Gasteiger partial charge in [0.15, 0.2) is 0 Å². The normalized spacial score (nSPS) is 9.21. The first kappa shape index (κ1) is 10.1. The van der Waals surface area contributed by atoms with Gasteiger partial charge in [-0.05, 0) is 12.1 Å². The summed E-state index contributed by atoms with van der Waals surface area (Å²) in [6.45, 7) is 3.34. The summed E-state index contributed by atoms with van der Waals surface area (Å²) in [7, 11) is 1.19. The van der Waals surface area contributed by atoms with E-state index in [4.69, 9.17) is 0 Å². The van der Waals surface area contributed by atoms with Crippen molar-refractivity contribution < 1.29 is 14.3 Å². The van der Waals surface area contributed by atoms with Gasteiger partial charge in [0.2, 0.25) is 5.78 Å². The second-order valence-electron chi connectivity index (χ2n) is 2.51. The molecule has 1 aromatic rings. The topological polar surface area (TPSA) is 56.3 Å². The Labute approximate surface area is 81.2 Å². The first-order valence-corrected chi connectivity index (χ1v) is 3.89. The van der Waals surface area contributed by atoms with Crippen LogP contribution in [0.5, 0.6) is 0 Å². The molecule has 0 aliphatic heterocycles. The van der Waals surface area contributed by atoms with Crippen molar-refractivity contribution in [1.82, 2.24) is 4.98 Å². The van der Waals surface area contributed by atoms with E-state index in [1.807, 2.05) is 0 Å². The van der Waals surface area contributed by atoms with Gasteiger partial charge in [0.05, 0.1) is 7.11 Å². The summed E-state index contributed by atoms with van der Waals surface area (Å²) in [6.07, 6.45) is 1.47. The predicted molar refractivity (Wildman–Crippen MR) is 49.7 cm³/mol. The van der Waals surface area contributed by atoms with Crippen molar-refractivity contribution in [2.75, 3.05) is 7.11 Å². The molecule has 0 saturated carbocycles. The molecule has 0 fully saturated rings. The Bertz CT molecular complexity index is 370. The highest BCUT2D eigenvalue weighted by Crippen LogP contribution is 2.04. The van der Waals surface area contributed by atoms with Gasteiger partial charge in [0.25, 0.3) is 0 Å². The highest BCUT2D eigenvalue weighted by molar-refractivity contribution is 6.22. The number of carbonyl (C=O) groups excluding carboxylic acids is 2. The van der Waals surface area contributed by atoms with Crippen molar-refractivity contribution in [1.29, 1.82) is 0 Å². The zero-order valence-electron chi connectivity index (χ0n) is 7.69. The molecule has 0 radical (unpaired) electrons. The molecule has 14 heavy (non-hydrogen) atoms. The zero-order valence-corrected chi connectivity index (χ0v) is 7.69. The van der Waals surface area contributed by atoms with Crippen LogP contribution in [-0.2, 0) is 9.53 Å². The summed E-state index contributed by atoms with van der Waals surface area (Å²) in [5.74, 6) is -1.25. The Hall–Kier alpha value is -1.97. The van der Waals surface area contributed by atoms with Crippen molar-refractivity contribution in [3.05, 3.63) is 42.2 Å². The lowest BCUT2D eigenvalue weighted by Gasteiger charge is -2.00. The van der Waals surface area contributed by atoms with E-state index in [1.165, 1.54) is 19.4 Å². The van der Waals surface area contributed by atoms with Crippen LogP contribution >= 0.6 is 0 Å². The lowest BCUT2D eigenvalue weighted by Crippen LogP contribution is -2.14. The average molecular weight is 191 g/mol. The number of Topliss-reactive ketones (excluding diaryl/α,β-unsaturated/α-hetero) is 1. The number of aromatic nitrogens is 1. The molecular weight excluding hydrogens is 182 g/mol. The van der Waals surface area contributed by atoms with Gasteiger partial charge in [0, 0.05) is 6.20 Å². The molecule has 4 heteroatoms. The smallest absolute Gasteiger partial charge is 0.341 e. The summed E-state index contributed by atoms with van der Waals surface area (Å²) < 4.78 is 4.37. The van der Waals surface area contributed by atoms with Gasteiger partial charge in [-0.25, -0.2) is 4.79 Å². The number of carbonyl (C=O) groups is 2. The maximum absolute atomic E-state index is 11.5. The number of esters is 1. The van der Waals surface area contributed by atoms with Crippen LogP contribution in [0.3, 0.4) is 0 Å². The van der Waals surface area contributed by atoms with E-state index in [2.05, 4.69) is 16.3 Å². The molecule has 1 rings (SSSR count). The van der Waals surface area contributed by atoms with Crippen molar-refractivity contribution in [2.24, 2.45) is 0 Å². The molecule has 0 spiro atoms. The maximum Gasteiger partial charge on any atom is 0.341 e. The molecular formula is C10H9NO3. The fraction of sp³-hybridized carbons (Fsp3) is 0.100. The minimum absolute atomic E-state index is 0.183. The van der Waals surface area contributed by atoms with E-state index >= 15 is 0 Å². The van der Waals surface area contributed by atoms with Crippen LogP contribution in [0.2, 0.25) is 0 Å². The van der Waals surface area contributed by atoms with E-state index < -0.39 is 11.8 Å². The van der Waals surface area contributed by atoms with Gasteiger partial charge in [-0.15, -0.1) is 0 Å². The quantitative estimate of drug-likeness (QED) is 0.235. The van der Waals surface area contributed by atoms with Crippen LogP contribution in [0, 0.1) is 0 Å². The summed E-state index contributed by atoms with van der Waals surface area (Å²) >= 11 is 0. The van der Waals surface area contributed by atoms with Gasteiger partial charge in [-0.1, -0.05) is 12.6 Å². The molecule has 0 aliphatic carbocycles. The number of ketones is 1. The minimum atomic E-state index is -0.736. The van der Waals surface area contributed by atoms with Gasteiger partial charge < -0.3 is 4.74 Å². The molecule has 1 aromatic heterocycles. The highest BCUT2D eigenvalue weighted by Gasteiger charge is 2.18. The molecule has 0 bridgehead atoms. The summed E-state index contributed by atoms with van der Waals surface area (Å²) in [6, 6.07) is 4.85. The van der Waals surface area contributed by atoms with Crippen LogP contribution < -0.4 is 0 Å². The van der Waals surface area contributed by atoms with E-state index in [9.17, 15) is 9.59 Å². The monoisotopic (exact) mass is 191 g/mol. The molecule has 0 amide bonds. The number of methoxy groups -OCH3 is 1. The number of hydrogen-bond donors (Lipinski definition) is 0. The first-order valence-electron chi connectivity index (χ1n) is 3.89. The lowest BCUT2D eigenvalue weighted by molar-refractivity contribution is -0.135. The highest BCUT2D eigenvalue weighted by atomic mass is 16.5. The molecule has 0 saturated heterocycles. The zero-order chi connectivity index (χ0) is 10.6. The molecule has 4 nitrogen and oxygen atoms in total. The third kappa shape index (κ3) is 2.04. The van der Waals surface area contributed by atoms with Gasteiger partial charge in [-0.2, -0.15) is 0 Å². The van der Waals surface area contributed by atoms with E-state index in [0.29, 0.717) is 0 Å². The van der Waals surface area contributed by atoms with Gasteiger partial charge in [0.1, 0.15) is 11.3 Å². The maximum atomic E-state index is 11.5. The Morgan fingerprint density at radius 3 is 2.64 bits per heavy atom. The fourth-order valence-corrected chi connectivity index (χ4v) is 0.868. The van der Waals surface area contributed by atoms with Crippen molar-refractivity contribution >= 4 is 11.8 Å². The first-order chi connectivity index (χ1) is 6.66. The largest absolute Gasteiger partial charge is 0.465 e. The third-order valence-corrected chi connectivity index (χ3v) is 1.60. The molecule has 0 unspecified atom stereocenters. The van der Waals surface area contributed by atoms with Gasteiger partial charge in [-0.3, -0.25) is 9.78 Å². The van der Waals surface area contributed by atoms with E-state index in [0.717, 1.165) is 0 Å². The lowest BCUT2D eigenvalue weighted by atomic mass is 10.1. The van der Waals surface area contributed by atoms with Crippen molar-refractivity contribution in [3.8, 4) is 0 Å². The average Bonchev–Trinajstić information content (AvgIpc) is 2.27. The Balaban J connectivity index is 2.87. The van der Waals surface area contributed by atoms with Crippen LogP contribution in [0.4, 0.5) is 0 Å². The second-order valence-corrected chi connectivity index (χ2v) is 2.51. The molecule has 72 valence electrons. The fourth-order valence-electron chi connectivity index (χ4n) is 0.868. The van der Waals surface area contributed by atoms with Crippen LogP contribution in [0.25, 0.3) is 0 Å². The molecule has 1 heterocycles. The molecule has 0 aliphatic rings. The number of rotatable bonds is 3. The van der Waals surface area contributed by atoms with Crippen LogP contribution in [0.15, 0.2) is 36.5 Å². The standard InChI is InChI=1S/C10H9NO3/c1-7(10(13)14-2)9(12)8-5-3-4-6-11-8/h3-6H,1H2,2H3. The molecule has 0 N–H and O–H groups in total. The Morgan fingerprint density at radius 1 is 1.43 bits per heavy atom. The number of ether oxygens (including phenoxy) is 1. The number of pyridine rings is 1. The third-order valence-electron chi connectivity index (χ3n) is 1.60. The van der Waals surface area contributed by atoms with Crippen LogP contribution in [0.1, 0.15) is 10.5 Å². The molecule has 0 aromatic carbocycles. The minimum Gasteiger partial charge on any atom is -0.465 e. The SMILES string of the molecule is C=C(C(=O)OC)C(=O)c1ccccn1. The van der Waals surface area contributed by atoms with Crippen molar-refractivity contribution in [2.45, 2.75) is 0 Å². The Kier molecular flexibility index (Phi) is 3.12. The number of nitrogens with zero attached hydrogens (tertiary/aromatic N) is 1.